The molecule has 2 atom stereocenters. The summed E-state index contributed by atoms with van der Waals surface area (Å²) in [7, 11) is 0. The van der Waals surface area contributed by atoms with Gasteiger partial charge in [-0.1, -0.05) is 6.42 Å². The number of hydrogen-bond acceptors (Lipinski definition) is 3. The molecular formula is C13H16N2O3. The molecule has 0 saturated heterocycles. The zero-order valence-electron chi connectivity index (χ0n) is 9.93. The predicted molar refractivity (Wildman–Crippen MR) is 67.3 cm³/mol. The Morgan fingerprint density at radius 3 is 2.44 bits per heavy atom. The monoisotopic (exact) mass is 248 g/mol. The fraction of sp³-hybridized carbons (Fsp3) is 0.385. The molecule has 0 spiro atoms. The van der Waals surface area contributed by atoms with Crippen LogP contribution in [0.1, 0.15) is 29.6 Å². The van der Waals surface area contributed by atoms with E-state index in [0.717, 1.165) is 18.5 Å². The Bertz CT molecular complexity index is 456. The summed E-state index contributed by atoms with van der Waals surface area (Å²) < 4.78 is 0. The first kappa shape index (κ1) is 12.4. The van der Waals surface area contributed by atoms with E-state index >= 15 is 0 Å². The molecular weight excluding hydrogens is 232 g/mol. The summed E-state index contributed by atoms with van der Waals surface area (Å²) in [6.45, 7) is 0. The smallest absolute Gasteiger partial charge is 0.308 e. The number of carboxylic acid groups (broad SMARTS) is 1. The second kappa shape index (κ2) is 5.08. The fourth-order valence-electron chi connectivity index (χ4n) is 2.37. The minimum absolute atomic E-state index is 0.0399. The number of nitrogens with one attached hydrogen (secondary N) is 1. The van der Waals surface area contributed by atoms with Crippen molar-refractivity contribution in [3.8, 4) is 0 Å². The van der Waals surface area contributed by atoms with Gasteiger partial charge in [0.05, 0.1) is 5.92 Å². The molecule has 1 saturated carbocycles. The van der Waals surface area contributed by atoms with Gasteiger partial charge >= 0.3 is 5.97 Å². The molecule has 5 heteroatoms. The fourth-order valence-corrected chi connectivity index (χ4v) is 2.37. The number of carbonyl (C=O) groups excluding carboxylic acids is 1. The molecule has 1 aliphatic carbocycles. The minimum Gasteiger partial charge on any atom is -0.481 e. The zero-order valence-corrected chi connectivity index (χ0v) is 9.93. The van der Waals surface area contributed by atoms with Crippen LogP contribution in [0.25, 0.3) is 0 Å². The van der Waals surface area contributed by atoms with E-state index in [1.165, 1.54) is 0 Å². The summed E-state index contributed by atoms with van der Waals surface area (Å²) >= 11 is 0. The Balaban J connectivity index is 2.05. The number of aliphatic carboxylic acids is 1. The largest absolute Gasteiger partial charge is 0.481 e. The van der Waals surface area contributed by atoms with Gasteiger partial charge in [0.2, 0.25) is 5.91 Å². The van der Waals surface area contributed by atoms with E-state index in [9.17, 15) is 9.59 Å². The molecule has 1 aliphatic rings. The number of anilines is 1. The first-order valence-electron chi connectivity index (χ1n) is 5.97. The highest BCUT2D eigenvalue weighted by molar-refractivity contribution is 5.93. The minimum atomic E-state index is -0.751. The van der Waals surface area contributed by atoms with E-state index in [-0.39, 0.29) is 12.0 Å². The number of hydrogen-bond donors (Lipinski definition) is 3. The van der Waals surface area contributed by atoms with Crippen LogP contribution in [0.3, 0.4) is 0 Å². The second-order valence-electron chi connectivity index (χ2n) is 4.57. The van der Waals surface area contributed by atoms with Crippen molar-refractivity contribution in [2.45, 2.75) is 25.3 Å². The molecule has 5 nitrogen and oxygen atoms in total. The van der Waals surface area contributed by atoms with Gasteiger partial charge in [0, 0.05) is 17.3 Å². The van der Waals surface area contributed by atoms with Crippen LogP contribution < -0.4 is 11.1 Å². The first-order chi connectivity index (χ1) is 8.58. The summed E-state index contributed by atoms with van der Waals surface area (Å²) in [5.74, 6) is -1.55. The Morgan fingerprint density at radius 1 is 1.22 bits per heavy atom. The Kier molecular flexibility index (Phi) is 3.50. The van der Waals surface area contributed by atoms with Crippen molar-refractivity contribution in [3.63, 3.8) is 0 Å². The van der Waals surface area contributed by atoms with Crippen molar-refractivity contribution in [2.75, 3.05) is 5.32 Å². The van der Waals surface area contributed by atoms with Gasteiger partial charge in [-0.2, -0.15) is 0 Å². The molecule has 2 unspecified atom stereocenters. The molecule has 96 valence electrons. The van der Waals surface area contributed by atoms with Crippen molar-refractivity contribution in [3.05, 3.63) is 29.8 Å². The summed E-state index contributed by atoms with van der Waals surface area (Å²) in [6.07, 6.45) is 2.49. The normalized spacial score (nSPS) is 22.7. The van der Waals surface area contributed by atoms with Gasteiger partial charge in [0.1, 0.15) is 0 Å². The van der Waals surface area contributed by atoms with Crippen LogP contribution in [0.15, 0.2) is 24.3 Å². The van der Waals surface area contributed by atoms with E-state index in [1.807, 2.05) is 0 Å². The summed E-state index contributed by atoms with van der Waals surface area (Å²) in [5, 5.41) is 12.3. The average molecular weight is 248 g/mol. The summed E-state index contributed by atoms with van der Waals surface area (Å²) in [6, 6.07) is 6.72. The third kappa shape index (κ3) is 2.61. The SMILES string of the molecule is NC(=O)c1ccc(NC2CCCC2C(=O)O)cc1. The number of carbonyl (C=O) groups is 2. The standard InChI is InChI=1S/C13H16N2O3/c14-12(16)8-4-6-9(7-5-8)15-11-3-1-2-10(11)13(17)18/h4-7,10-11,15H,1-3H2,(H2,14,16)(H,17,18). The molecule has 2 rings (SSSR count). The van der Waals surface area contributed by atoms with Gasteiger partial charge in [-0.05, 0) is 37.1 Å². The number of primary amides is 1. The van der Waals surface area contributed by atoms with Gasteiger partial charge in [-0.25, -0.2) is 0 Å². The average Bonchev–Trinajstić information content (AvgIpc) is 2.78. The van der Waals surface area contributed by atoms with E-state index in [2.05, 4.69) is 5.32 Å². The quantitative estimate of drug-likeness (QED) is 0.752. The van der Waals surface area contributed by atoms with Crippen molar-refractivity contribution >= 4 is 17.6 Å². The third-order valence-electron chi connectivity index (χ3n) is 3.35. The Labute approximate surface area is 105 Å². The molecule has 0 aliphatic heterocycles. The molecule has 4 N–H and O–H groups in total. The van der Waals surface area contributed by atoms with Gasteiger partial charge in [0.25, 0.3) is 0 Å². The highest BCUT2D eigenvalue weighted by Crippen LogP contribution is 2.28. The summed E-state index contributed by atoms with van der Waals surface area (Å²) in [4.78, 5) is 22.0. The maximum Gasteiger partial charge on any atom is 0.308 e. The molecule has 0 bridgehead atoms. The van der Waals surface area contributed by atoms with Crippen molar-refractivity contribution < 1.29 is 14.7 Å². The molecule has 0 radical (unpaired) electrons. The zero-order chi connectivity index (χ0) is 13.1. The van der Waals surface area contributed by atoms with Crippen molar-refractivity contribution in [2.24, 2.45) is 11.7 Å². The van der Waals surface area contributed by atoms with Crippen LogP contribution in [0.5, 0.6) is 0 Å². The van der Waals surface area contributed by atoms with Gasteiger partial charge in [0.15, 0.2) is 0 Å². The molecule has 0 heterocycles. The highest BCUT2D eigenvalue weighted by Gasteiger charge is 2.32. The molecule has 18 heavy (non-hydrogen) atoms. The number of rotatable bonds is 4. The lowest BCUT2D eigenvalue weighted by atomic mass is 10.0. The van der Waals surface area contributed by atoms with E-state index in [1.54, 1.807) is 24.3 Å². The van der Waals surface area contributed by atoms with Gasteiger partial charge in [-0.3, -0.25) is 9.59 Å². The van der Waals surface area contributed by atoms with Crippen LogP contribution in [0.2, 0.25) is 0 Å². The van der Waals surface area contributed by atoms with Crippen LogP contribution >= 0.6 is 0 Å². The van der Waals surface area contributed by atoms with E-state index in [0.29, 0.717) is 12.0 Å². The lowest BCUT2D eigenvalue weighted by Crippen LogP contribution is -2.29. The Morgan fingerprint density at radius 2 is 1.89 bits per heavy atom. The second-order valence-corrected chi connectivity index (χ2v) is 4.57. The molecule has 0 aromatic heterocycles. The predicted octanol–water partition coefficient (Wildman–Crippen LogP) is 1.45. The topological polar surface area (TPSA) is 92.4 Å². The highest BCUT2D eigenvalue weighted by atomic mass is 16.4. The van der Waals surface area contributed by atoms with Crippen LogP contribution in [0, 0.1) is 5.92 Å². The lowest BCUT2D eigenvalue weighted by molar-refractivity contribution is -0.141. The maximum absolute atomic E-state index is 11.0. The first-order valence-corrected chi connectivity index (χ1v) is 5.97. The van der Waals surface area contributed by atoms with Crippen LogP contribution in [0.4, 0.5) is 5.69 Å². The molecule has 1 amide bonds. The molecule has 1 aromatic rings. The van der Waals surface area contributed by atoms with Crippen molar-refractivity contribution in [1.82, 2.24) is 0 Å². The number of amides is 1. The lowest BCUT2D eigenvalue weighted by Gasteiger charge is -2.18. The third-order valence-corrected chi connectivity index (χ3v) is 3.35. The van der Waals surface area contributed by atoms with Gasteiger partial charge < -0.3 is 16.2 Å². The van der Waals surface area contributed by atoms with Crippen LogP contribution in [-0.4, -0.2) is 23.0 Å². The van der Waals surface area contributed by atoms with Crippen molar-refractivity contribution in [1.29, 1.82) is 0 Å². The summed E-state index contributed by atoms with van der Waals surface area (Å²) in [5.41, 5.74) is 6.42. The molecule has 1 fully saturated rings. The van der Waals surface area contributed by atoms with E-state index in [4.69, 9.17) is 10.8 Å². The number of carboxylic acids is 1. The maximum atomic E-state index is 11.0. The van der Waals surface area contributed by atoms with E-state index < -0.39 is 11.9 Å². The molecule has 1 aromatic carbocycles. The van der Waals surface area contributed by atoms with Gasteiger partial charge in [-0.15, -0.1) is 0 Å². The number of nitrogens with two attached hydrogens (primary N) is 1. The van der Waals surface area contributed by atoms with Crippen LogP contribution in [-0.2, 0) is 4.79 Å². The number of benzene rings is 1. The Hall–Kier alpha value is -2.04.